The van der Waals surface area contributed by atoms with Gasteiger partial charge in [-0.1, -0.05) is 12.6 Å². The van der Waals surface area contributed by atoms with Gasteiger partial charge in [0.2, 0.25) is 5.91 Å². The van der Waals surface area contributed by atoms with E-state index >= 15 is 0 Å². The molecular formula is C29H35N7O4. The molecular weight excluding hydrogens is 510 g/mol. The molecule has 40 heavy (non-hydrogen) atoms. The van der Waals surface area contributed by atoms with E-state index in [1.807, 2.05) is 20.7 Å². The van der Waals surface area contributed by atoms with E-state index in [1.165, 1.54) is 6.42 Å². The van der Waals surface area contributed by atoms with Gasteiger partial charge in [-0.25, -0.2) is 4.79 Å². The highest BCUT2D eigenvalue weighted by atomic mass is 16.2. The zero-order valence-corrected chi connectivity index (χ0v) is 22.6. The third-order valence-electron chi connectivity index (χ3n) is 8.45. The van der Waals surface area contributed by atoms with Crippen molar-refractivity contribution in [3.63, 3.8) is 0 Å². The zero-order chi connectivity index (χ0) is 27.8. The molecule has 0 radical (unpaired) electrons. The number of urea groups is 1. The van der Waals surface area contributed by atoms with Crippen LogP contribution in [-0.2, 0) is 11.3 Å². The fourth-order valence-corrected chi connectivity index (χ4v) is 6.21. The molecule has 2 aromatic rings. The van der Waals surface area contributed by atoms with Gasteiger partial charge in [0.05, 0.1) is 23.4 Å². The third kappa shape index (κ3) is 4.84. The van der Waals surface area contributed by atoms with Gasteiger partial charge in [0, 0.05) is 55.9 Å². The van der Waals surface area contributed by atoms with Crippen molar-refractivity contribution in [2.75, 3.05) is 31.5 Å². The van der Waals surface area contributed by atoms with E-state index in [1.54, 1.807) is 24.4 Å². The molecule has 1 atom stereocenters. The van der Waals surface area contributed by atoms with E-state index in [2.05, 4.69) is 22.3 Å². The molecule has 1 aromatic carbocycles. The Balaban J connectivity index is 1.07. The second-order valence-electron chi connectivity index (χ2n) is 11.1. The van der Waals surface area contributed by atoms with Gasteiger partial charge in [0.15, 0.2) is 0 Å². The molecule has 210 valence electrons. The summed E-state index contributed by atoms with van der Waals surface area (Å²) in [6, 6.07) is 4.69. The van der Waals surface area contributed by atoms with Crippen LogP contribution in [0.4, 0.5) is 10.5 Å². The van der Waals surface area contributed by atoms with Gasteiger partial charge in [0.25, 0.3) is 11.8 Å². The van der Waals surface area contributed by atoms with Gasteiger partial charge in [-0.15, -0.1) is 0 Å². The molecule has 5 amide bonds. The molecule has 1 aromatic heterocycles. The van der Waals surface area contributed by atoms with Crippen LogP contribution in [-0.4, -0.2) is 80.5 Å². The van der Waals surface area contributed by atoms with Crippen molar-refractivity contribution in [2.24, 2.45) is 0 Å². The molecule has 3 saturated heterocycles. The SMILES string of the molecule is C=C1CCC(N2C(=O)c3cccc(NCc4cnn(C5CCN(C(=O)N6CCCCC6)CC5)c4)c3C2=O)C(=O)N1. The first-order chi connectivity index (χ1) is 19.4. The van der Waals surface area contributed by atoms with Gasteiger partial charge in [-0.05, 0) is 57.1 Å². The predicted molar refractivity (Wildman–Crippen MR) is 147 cm³/mol. The van der Waals surface area contributed by atoms with Crippen LogP contribution in [0.15, 0.2) is 42.9 Å². The van der Waals surface area contributed by atoms with E-state index in [4.69, 9.17) is 0 Å². The van der Waals surface area contributed by atoms with E-state index in [-0.39, 0.29) is 18.0 Å². The lowest BCUT2D eigenvalue weighted by Gasteiger charge is -2.37. The number of rotatable bonds is 5. The fraction of sp³-hybridized carbons (Fsp3) is 0.483. The molecule has 11 heteroatoms. The number of likely N-dealkylation sites (tertiary alicyclic amines) is 2. The van der Waals surface area contributed by atoms with Crippen LogP contribution < -0.4 is 10.6 Å². The Bertz CT molecular complexity index is 1350. The predicted octanol–water partition coefficient (Wildman–Crippen LogP) is 3.13. The lowest BCUT2D eigenvalue weighted by atomic mass is 10.0. The highest BCUT2D eigenvalue weighted by Gasteiger charge is 2.45. The number of anilines is 1. The summed E-state index contributed by atoms with van der Waals surface area (Å²) in [6.45, 7) is 7.38. The molecule has 3 fully saturated rings. The molecule has 6 rings (SSSR count). The Morgan fingerprint density at radius 1 is 1.00 bits per heavy atom. The van der Waals surface area contributed by atoms with Crippen LogP contribution >= 0.6 is 0 Å². The number of imide groups is 1. The number of carbonyl (C=O) groups excluding carboxylic acids is 4. The normalized spacial score (nSPS) is 22.0. The Kier molecular flexibility index (Phi) is 7.03. The first-order valence-corrected chi connectivity index (χ1v) is 14.2. The quantitative estimate of drug-likeness (QED) is 0.557. The molecule has 1 unspecified atom stereocenters. The number of fused-ring (bicyclic) bond motifs is 1. The molecule has 4 aliphatic heterocycles. The molecule has 11 nitrogen and oxygen atoms in total. The second-order valence-corrected chi connectivity index (χ2v) is 11.1. The number of nitrogens with one attached hydrogen (secondary N) is 2. The number of amides is 5. The summed E-state index contributed by atoms with van der Waals surface area (Å²) < 4.78 is 1.97. The second kappa shape index (κ2) is 10.8. The van der Waals surface area contributed by atoms with Crippen molar-refractivity contribution in [1.29, 1.82) is 0 Å². The van der Waals surface area contributed by atoms with Crippen molar-refractivity contribution in [2.45, 2.75) is 63.6 Å². The van der Waals surface area contributed by atoms with Crippen LogP contribution in [0.5, 0.6) is 0 Å². The lowest BCUT2D eigenvalue weighted by Crippen LogP contribution is -2.51. The average Bonchev–Trinajstić information content (AvgIpc) is 3.55. The maximum atomic E-state index is 13.4. The summed E-state index contributed by atoms with van der Waals surface area (Å²) in [4.78, 5) is 56.9. The van der Waals surface area contributed by atoms with Crippen molar-refractivity contribution in [3.05, 3.63) is 59.6 Å². The average molecular weight is 546 g/mol. The first kappa shape index (κ1) is 26.1. The van der Waals surface area contributed by atoms with Gasteiger partial charge < -0.3 is 20.4 Å². The van der Waals surface area contributed by atoms with Crippen LogP contribution in [0.3, 0.4) is 0 Å². The molecule has 0 bridgehead atoms. The van der Waals surface area contributed by atoms with Gasteiger partial charge >= 0.3 is 6.03 Å². The maximum Gasteiger partial charge on any atom is 0.319 e. The smallest absolute Gasteiger partial charge is 0.319 e. The highest BCUT2D eigenvalue weighted by Crippen LogP contribution is 2.33. The van der Waals surface area contributed by atoms with Crippen LogP contribution in [0.2, 0.25) is 0 Å². The summed E-state index contributed by atoms with van der Waals surface area (Å²) in [5.74, 6) is -1.29. The summed E-state index contributed by atoms with van der Waals surface area (Å²) >= 11 is 0. The number of piperidine rings is 3. The van der Waals surface area contributed by atoms with Crippen LogP contribution in [0, 0.1) is 0 Å². The minimum absolute atomic E-state index is 0.167. The largest absolute Gasteiger partial charge is 0.380 e. The van der Waals surface area contributed by atoms with Crippen molar-refractivity contribution in [3.8, 4) is 0 Å². The first-order valence-electron chi connectivity index (χ1n) is 14.2. The monoisotopic (exact) mass is 545 g/mol. The topological polar surface area (TPSA) is 120 Å². The molecule has 0 aliphatic carbocycles. The maximum absolute atomic E-state index is 13.4. The van der Waals surface area contributed by atoms with E-state index in [0.717, 1.165) is 62.3 Å². The number of aromatic nitrogens is 2. The van der Waals surface area contributed by atoms with Gasteiger partial charge in [-0.3, -0.25) is 24.0 Å². The summed E-state index contributed by atoms with van der Waals surface area (Å²) in [5.41, 5.74) is 2.69. The number of nitrogens with zero attached hydrogens (tertiary/aromatic N) is 5. The Morgan fingerprint density at radius 3 is 2.50 bits per heavy atom. The summed E-state index contributed by atoms with van der Waals surface area (Å²) in [7, 11) is 0. The Hall–Kier alpha value is -4.15. The minimum Gasteiger partial charge on any atom is -0.380 e. The van der Waals surface area contributed by atoms with Crippen molar-refractivity contribution in [1.82, 2.24) is 29.8 Å². The summed E-state index contributed by atoms with van der Waals surface area (Å²) in [6.07, 6.45) is 9.79. The minimum atomic E-state index is -0.842. The lowest BCUT2D eigenvalue weighted by molar-refractivity contribution is -0.125. The van der Waals surface area contributed by atoms with Gasteiger partial charge in [-0.2, -0.15) is 5.10 Å². The van der Waals surface area contributed by atoms with Crippen molar-refractivity contribution >= 4 is 29.4 Å². The van der Waals surface area contributed by atoms with Crippen LogP contribution in [0.25, 0.3) is 0 Å². The third-order valence-corrected chi connectivity index (χ3v) is 8.45. The number of hydrogen-bond acceptors (Lipinski definition) is 6. The Morgan fingerprint density at radius 2 is 1.75 bits per heavy atom. The van der Waals surface area contributed by atoms with E-state index in [0.29, 0.717) is 41.9 Å². The molecule has 4 aliphatic rings. The van der Waals surface area contributed by atoms with Gasteiger partial charge in [0.1, 0.15) is 6.04 Å². The van der Waals surface area contributed by atoms with E-state index < -0.39 is 17.9 Å². The number of hydrogen-bond donors (Lipinski definition) is 2. The Labute approximate surface area is 233 Å². The summed E-state index contributed by atoms with van der Waals surface area (Å²) in [5, 5.41) is 10.5. The zero-order valence-electron chi connectivity index (χ0n) is 22.6. The highest BCUT2D eigenvalue weighted by molar-refractivity contribution is 6.25. The standard InChI is InChI=1S/C29H35N7O4/c1-19-8-9-24(26(37)32-19)36-27(38)22-6-5-7-23(25(22)28(36)39)30-16-20-17-31-35(18-20)21-10-14-34(15-11-21)29(40)33-12-3-2-4-13-33/h5-7,17-18,21,24,30H,1-4,8-16H2,(H,32,37). The fourth-order valence-electron chi connectivity index (χ4n) is 6.21. The van der Waals surface area contributed by atoms with E-state index in [9.17, 15) is 19.2 Å². The number of allylic oxidation sites excluding steroid dienone is 1. The van der Waals surface area contributed by atoms with Crippen molar-refractivity contribution < 1.29 is 19.2 Å². The molecule has 0 saturated carbocycles. The van der Waals surface area contributed by atoms with Crippen LogP contribution in [0.1, 0.15) is 77.3 Å². The molecule has 5 heterocycles. The number of carbonyl (C=O) groups is 4. The number of benzene rings is 1. The molecule has 2 N–H and O–H groups in total. The molecule has 0 spiro atoms.